The van der Waals surface area contributed by atoms with Gasteiger partial charge in [-0.3, -0.25) is 15.1 Å². The number of anilines is 1. The number of rotatable bonds is 4. The summed E-state index contributed by atoms with van der Waals surface area (Å²) in [7, 11) is 0. The molecule has 1 atom stereocenters. The number of halogens is 1. The maximum absolute atomic E-state index is 10.7. The molecule has 0 amide bonds. The van der Waals surface area contributed by atoms with Gasteiger partial charge in [0, 0.05) is 30.2 Å². The molecule has 2 rings (SSSR count). The molecule has 0 saturated carbocycles. The Morgan fingerprint density at radius 1 is 1.32 bits per heavy atom. The van der Waals surface area contributed by atoms with Gasteiger partial charge in [0.05, 0.1) is 9.40 Å². The van der Waals surface area contributed by atoms with Gasteiger partial charge >= 0.3 is 0 Å². The molecule has 1 aromatic carbocycles. The Labute approximate surface area is 119 Å². The van der Waals surface area contributed by atoms with Crippen LogP contribution in [0.3, 0.4) is 0 Å². The van der Waals surface area contributed by atoms with Crippen LogP contribution in [-0.2, 0) is 0 Å². The molecule has 5 nitrogen and oxygen atoms in total. The zero-order valence-corrected chi connectivity index (χ0v) is 11.8. The summed E-state index contributed by atoms with van der Waals surface area (Å²) in [5, 5.41) is 14.0. The van der Waals surface area contributed by atoms with Gasteiger partial charge in [-0.25, -0.2) is 0 Å². The smallest absolute Gasteiger partial charge is 0.283 e. The molecule has 0 radical (unpaired) electrons. The summed E-state index contributed by atoms with van der Waals surface area (Å²) < 4.78 is 0.462. The molecule has 1 unspecified atom stereocenters. The van der Waals surface area contributed by atoms with Crippen molar-refractivity contribution >= 4 is 27.3 Å². The van der Waals surface area contributed by atoms with E-state index in [1.54, 1.807) is 24.5 Å². The zero-order chi connectivity index (χ0) is 13.8. The van der Waals surface area contributed by atoms with Crippen molar-refractivity contribution in [2.45, 2.75) is 13.0 Å². The molecular formula is C13H12BrN3O2. The number of pyridine rings is 1. The second-order valence-electron chi connectivity index (χ2n) is 4.07. The summed E-state index contributed by atoms with van der Waals surface area (Å²) in [5.41, 5.74) is 1.98. The van der Waals surface area contributed by atoms with Gasteiger partial charge in [0.15, 0.2) is 0 Å². The van der Waals surface area contributed by atoms with Gasteiger partial charge in [0.25, 0.3) is 5.69 Å². The van der Waals surface area contributed by atoms with Crippen LogP contribution in [0.25, 0.3) is 0 Å². The lowest BCUT2D eigenvalue weighted by Gasteiger charge is -2.15. The number of nitro groups is 1. The zero-order valence-electron chi connectivity index (χ0n) is 10.2. The van der Waals surface area contributed by atoms with E-state index in [1.807, 2.05) is 19.1 Å². The van der Waals surface area contributed by atoms with E-state index >= 15 is 0 Å². The van der Waals surface area contributed by atoms with Crippen LogP contribution in [0.2, 0.25) is 0 Å². The minimum Gasteiger partial charge on any atom is -0.378 e. The van der Waals surface area contributed by atoms with Crippen molar-refractivity contribution in [3.05, 3.63) is 62.9 Å². The van der Waals surface area contributed by atoms with E-state index in [-0.39, 0.29) is 11.7 Å². The molecule has 0 bridgehead atoms. The topological polar surface area (TPSA) is 68.1 Å². The lowest BCUT2D eigenvalue weighted by molar-refractivity contribution is -0.385. The van der Waals surface area contributed by atoms with Crippen molar-refractivity contribution in [3.8, 4) is 0 Å². The maximum atomic E-state index is 10.7. The minimum absolute atomic E-state index is 0.0575. The van der Waals surface area contributed by atoms with Crippen molar-refractivity contribution in [2.75, 3.05) is 5.32 Å². The van der Waals surface area contributed by atoms with Gasteiger partial charge in [-0.15, -0.1) is 0 Å². The molecular weight excluding hydrogens is 310 g/mol. The van der Waals surface area contributed by atoms with Crippen LogP contribution < -0.4 is 5.32 Å². The van der Waals surface area contributed by atoms with Crippen LogP contribution in [0, 0.1) is 10.1 Å². The maximum Gasteiger partial charge on any atom is 0.283 e. The first-order valence-corrected chi connectivity index (χ1v) is 6.47. The van der Waals surface area contributed by atoms with Crippen molar-refractivity contribution < 1.29 is 4.92 Å². The first-order chi connectivity index (χ1) is 9.08. The lowest BCUT2D eigenvalue weighted by atomic mass is 10.1. The summed E-state index contributed by atoms with van der Waals surface area (Å²) in [6, 6.07) is 8.83. The summed E-state index contributed by atoms with van der Waals surface area (Å²) in [4.78, 5) is 14.3. The highest BCUT2D eigenvalue weighted by Crippen LogP contribution is 2.29. The number of benzene rings is 1. The molecule has 1 heterocycles. The number of hydrogen-bond donors (Lipinski definition) is 1. The van der Waals surface area contributed by atoms with E-state index in [4.69, 9.17) is 0 Å². The molecule has 0 saturated heterocycles. The predicted molar refractivity (Wildman–Crippen MR) is 77.1 cm³/mol. The Balaban J connectivity index is 2.16. The summed E-state index contributed by atoms with van der Waals surface area (Å²) >= 11 is 3.20. The first kappa shape index (κ1) is 13.5. The van der Waals surface area contributed by atoms with Crippen molar-refractivity contribution in [2.24, 2.45) is 0 Å². The molecule has 6 heteroatoms. The molecule has 0 aliphatic carbocycles. The number of nitrogens with one attached hydrogen (secondary N) is 1. The van der Waals surface area contributed by atoms with Crippen LogP contribution in [0.5, 0.6) is 0 Å². The molecule has 98 valence electrons. The van der Waals surface area contributed by atoms with E-state index in [1.165, 1.54) is 6.07 Å². The highest BCUT2D eigenvalue weighted by Gasteiger charge is 2.12. The fraction of sp³-hybridized carbons (Fsp3) is 0.154. The van der Waals surface area contributed by atoms with Gasteiger partial charge < -0.3 is 5.32 Å². The Kier molecular flexibility index (Phi) is 4.11. The third-order valence-corrected chi connectivity index (χ3v) is 3.37. The standard InChI is InChI=1S/C13H12BrN3O2/c1-9(10-4-6-15-7-5-10)16-11-2-3-13(17(18)19)12(14)8-11/h2-9,16H,1H3. The SMILES string of the molecule is CC(Nc1ccc([N+](=O)[O-])c(Br)c1)c1ccncc1. The van der Waals surface area contributed by atoms with E-state index in [0.717, 1.165) is 11.3 Å². The van der Waals surface area contributed by atoms with Gasteiger partial charge in [0.1, 0.15) is 0 Å². The van der Waals surface area contributed by atoms with Crippen LogP contribution >= 0.6 is 15.9 Å². The molecule has 2 aromatic rings. The lowest BCUT2D eigenvalue weighted by Crippen LogP contribution is -2.06. The number of nitro benzene ring substituents is 1. The van der Waals surface area contributed by atoms with Gasteiger partial charge in [0.2, 0.25) is 0 Å². The third-order valence-electron chi connectivity index (χ3n) is 2.73. The van der Waals surface area contributed by atoms with Gasteiger partial charge in [-0.1, -0.05) is 0 Å². The van der Waals surface area contributed by atoms with E-state index in [9.17, 15) is 10.1 Å². The summed E-state index contributed by atoms with van der Waals surface area (Å²) in [6.45, 7) is 2.02. The quantitative estimate of drug-likeness (QED) is 0.684. The van der Waals surface area contributed by atoms with E-state index in [2.05, 4.69) is 26.2 Å². The number of aromatic nitrogens is 1. The second kappa shape index (κ2) is 5.79. The second-order valence-corrected chi connectivity index (χ2v) is 4.92. The van der Waals surface area contributed by atoms with Crippen LogP contribution in [0.4, 0.5) is 11.4 Å². The highest BCUT2D eigenvalue weighted by molar-refractivity contribution is 9.10. The van der Waals surface area contributed by atoms with Crippen LogP contribution in [-0.4, -0.2) is 9.91 Å². The van der Waals surface area contributed by atoms with Crippen LogP contribution in [0.15, 0.2) is 47.2 Å². The molecule has 1 aromatic heterocycles. The molecule has 19 heavy (non-hydrogen) atoms. The number of hydrogen-bond acceptors (Lipinski definition) is 4. The average molecular weight is 322 g/mol. The monoisotopic (exact) mass is 321 g/mol. The van der Waals surface area contributed by atoms with Gasteiger partial charge in [-0.2, -0.15) is 0 Å². The largest absolute Gasteiger partial charge is 0.378 e. The molecule has 0 aliphatic rings. The molecule has 0 spiro atoms. The normalized spacial score (nSPS) is 11.9. The number of nitrogens with zero attached hydrogens (tertiary/aromatic N) is 2. The van der Waals surface area contributed by atoms with Crippen molar-refractivity contribution in [1.82, 2.24) is 4.98 Å². The highest BCUT2D eigenvalue weighted by atomic mass is 79.9. The molecule has 1 N–H and O–H groups in total. The Morgan fingerprint density at radius 3 is 2.58 bits per heavy atom. The van der Waals surface area contributed by atoms with Gasteiger partial charge in [-0.05, 0) is 52.7 Å². The fourth-order valence-corrected chi connectivity index (χ4v) is 2.25. The van der Waals surface area contributed by atoms with E-state index < -0.39 is 4.92 Å². The third kappa shape index (κ3) is 3.29. The minimum atomic E-state index is -0.417. The van der Waals surface area contributed by atoms with Crippen LogP contribution in [0.1, 0.15) is 18.5 Å². The predicted octanol–water partition coefficient (Wildman–Crippen LogP) is 3.93. The summed E-state index contributed by atoms with van der Waals surface area (Å²) in [5.74, 6) is 0. The van der Waals surface area contributed by atoms with E-state index in [0.29, 0.717) is 4.47 Å². The Morgan fingerprint density at radius 2 is 2.00 bits per heavy atom. The Bertz CT molecular complexity index is 590. The molecule has 0 fully saturated rings. The summed E-state index contributed by atoms with van der Waals surface area (Å²) in [6.07, 6.45) is 3.47. The van der Waals surface area contributed by atoms with Crippen molar-refractivity contribution in [3.63, 3.8) is 0 Å². The van der Waals surface area contributed by atoms with Crippen molar-refractivity contribution in [1.29, 1.82) is 0 Å². The molecule has 0 aliphatic heterocycles. The first-order valence-electron chi connectivity index (χ1n) is 5.68. The Hall–Kier alpha value is -1.95. The fourth-order valence-electron chi connectivity index (χ4n) is 1.73. The average Bonchev–Trinajstić information content (AvgIpc) is 2.39.